The Morgan fingerprint density at radius 1 is 0.673 bits per heavy atom. The fourth-order valence-corrected chi connectivity index (χ4v) is 6.75. The number of hydrogen-bond donors (Lipinski definition) is 0. The fourth-order valence-electron chi connectivity index (χ4n) is 6.75. The number of hydrogen-bond acceptors (Lipinski definition) is 4. The van der Waals surface area contributed by atoms with Gasteiger partial charge in [0.1, 0.15) is 5.76 Å². The summed E-state index contributed by atoms with van der Waals surface area (Å²) in [6, 6.07) is 59.5. The van der Waals surface area contributed by atoms with Gasteiger partial charge in [-0.3, -0.25) is 4.98 Å². The number of rotatable bonds is 6. The van der Waals surface area contributed by atoms with E-state index in [1.54, 1.807) is 24.5 Å². The van der Waals surface area contributed by atoms with E-state index in [1.807, 2.05) is 60.7 Å². The Morgan fingerprint density at radius 3 is 2.09 bits per heavy atom. The van der Waals surface area contributed by atoms with E-state index < -0.39 is 6.85 Å². The van der Waals surface area contributed by atoms with Crippen LogP contribution in [0.2, 0.25) is 0 Å². The largest absolute Gasteiger partial charge is 0.557 e. The van der Waals surface area contributed by atoms with Crippen LogP contribution >= 0.6 is 0 Å². The van der Waals surface area contributed by atoms with E-state index in [0.717, 1.165) is 83.9 Å². The number of aromatic nitrogens is 3. The fraction of sp³-hybridized carbons (Fsp3) is 0.0204. The normalized spacial score (nSPS) is 11.9. The molecule has 0 N–H and O–H groups in total. The smallest absolute Gasteiger partial charge is 0.133 e. The van der Waals surface area contributed by atoms with Crippen molar-refractivity contribution in [1.82, 2.24) is 14.5 Å². The molecule has 10 rings (SSSR count). The third-order valence-corrected chi connectivity index (χ3v) is 9.28. The molecule has 5 nitrogen and oxygen atoms in total. The van der Waals surface area contributed by atoms with Crippen molar-refractivity contribution in [3.05, 3.63) is 200 Å². The maximum Gasteiger partial charge on any atom is 0.133 e. The van der Waals surface area contributed by atoms with Crippen molar-refractivity contribution in [2.24, 2.45) is 0 Å². The van der Waals surface area contributed by atoms with Crippen molar-refractivity contribution in [1.29, 1.82) is 0 Å². The van der Waals surface area contributed by atoms with Gasteiger partial charge in [-0.2, -0.15) is 0 Å². The third kappa shape index (κ3) is 7.09. The minimum Gasteiger partial charge on any atom is -0.557 e. The molecule has 0 aliphatic heterocycles. The predicted octanol–water partition coefficient (Wildman–Crippen LogP) is 12.7. The second-order valence-corrected chi connectivity index (χ2v) is 12.7. The molecule has 6 heteroatoms. The average Bonchev–Trinajstić information content (AvgIpc) is 4.04. The molecule has 10 aromatic rings. The zero-order valence-electron chi connectivity index (χ0n) is 32.3. The molecule has 0 saturated heterocycles. The summed E-state index contributed by atoms with van der Waals surface area (Å²) in [7, 11) is 0. The molecule has 4 aromatic heterocycles. The molecule has 0 amide bonds. The number of fused-ring (bicyclic) bond motifs is 2. The molecular weight excluding hydrogens is 855 g/mol. The summed E-state index contributed by atoms with van der Waals surface area (Å²) in [6.07, 6.45) is 6.28. The van der Waals surface area contributed by atoms with Crippen LogP contribution in [0.15, 0.2) is 191 Å². The number of nitrogens with zero attached hydrogens (tertiary/aromatic N) is 3. The third-order valence-electron chi connectivity index (χ3n) is 9.28. The van der Waals surface area contributed by atoms with E-state index in [2.05, 4.69) is 113 Å². The Morgan fingerprint density at radius 2 is 1.42 bits per heavy atom. The van der Waals surface area contributed by atoms with Crippen LogP contribution in [0.4, 0.5) is 0 Å². The van der Waals surface area contributed by atoms with Gasteiger partial charge in [-0.15, -0.1) is 35.9 Å². The van der Waals surface area contributed by atoms with Crippen LogP contribution in [-0.4, -0.2) is 14.5 Å². The molecule has 0 bridgehead atoms. The van der Waals surface area contributed by atoms with Crippen LogP contribution in [0.25, 0.3) is 83.9 Å². The van der Waals surface area contributed by atoms with Gasteiger partial charge in [0.15, 0.2) is 0 Å². The Bertz CT molecular complexity index is 2870. The Hall–Kier alpha value is -6.59. The van der Waals surface area contributed by atoms with E-state index >= 15 is 0 Å². The number of aryl methyl sites for hydroxylation is 1. The molecule has 55 heavy (non-hydrogen) atoms. The maximum absolute atomic E-state index is 7.23. The van der Waals surface area contributed by atoms with Crippen molar-refractivity contribution in [3.63, 3.8) is 0 Å². The Labute approximate surface area is 337 Å². The van der Waals surface area contributed by atoms with Gasteiger partial charge in [0, 0.05) is 59.0 Å². The first-order chi connectivity index (χ1) is 27.9. The Kier molecular flexibility index (Phi) is 9.16. The molecule has 0 unspecified atom stereocenters. The summed E-state index contributed by atoms with van der Waals surface area (Å²) in [5.41, 5.74) is 11.8. The van der Waals surface area contributed by atoms with Gasteiger partial charge in [0.25, 0.3) is 0 Å². The summed E-state index contributed by atoms with van der Waals surface area (Å²) < 4.78 is 35.6. The molecule has 0 atom stereocenters. The molecule has 6 aromatic carbocycles. The van der Waals surface area contributed by atoms with E-state index in [-0.39, 0.29) is 25.7 Å². The van der Waals surface area contributed by atoms with Crippen LogP contribution in [0, 0.1) is 19.2 Å². The van der Waals surface area contributed by atoms with Gasteiger partial charge in [0.05, 0.1) is 28.8 Å². The van der Waals surface area contributed by atoms with E-state index in [9.17, 15) is 0 Å². The molecule has 0 saturated carbocycles. The topological polar surface area (TPSA) is 57.0 Å². The monoisotopic (exact) mass is 891 g/mol. The number of furan rings is 2. The SMILES string of the molecule is [2H]C([2H])([2H])c1ccc(-c2[c-]cccc2)nc1.[Ir].[c-]1oc2ccc(-c3ccco3)cc2c1-c1nc2ccccc2n1-c1c(-c2ccccc2)cccc1-c1ccccc1. The van der Waals surface area contributed by atoms with E-state index in [1.165, 1.54) is 6.20 Å². The maximum atomic E-state index is 7.23. The van der Waals surface area contributed by atoms with Gasteiger partial charge in [-0.05, 0) is 53.5 Å². The van der Waals surface area contributed by atoms with Gasteiger partial charge in [0.2, 0.25) is 0 Å². The van der Waals surface area contributed by atoms with E-state index in [4.69, 9.17) is 17.9 Å². The number of pyridine rings is 1. The van der Waals surface area contributed by atoms with Crippen LogP contribution in [0.1, 0.15) is 9.68 Å². The van der Waals surface area contributed by atoms with Gasteiger partial charge >= 0.3 is 0 Å². The van der Waals surface area contributed by atoms with Crippen LogP contribution in [0.3, 0.4) is 0 Å². The first-order valence-electron chi connectivity index (χ1n) is 19.1. The number of imidazole rings is 1. The Balaban J connectivity index is 0.000000233. The van der Waals surface area contributed by atoms with Crippen molar-refractivity contribution >= 4 is 22.0 Å². The summed E-state index contributed by atoms with van der Waals surface area (Å²) >= 11 is 0. The molecule has 0 aliphatic carbocycles. The second-order valence-electron chi connectivity index (χ2n) is 12.7. The number of para-hydroxylation sites is 3. The van der Waals surface area contributed by atoms with Crippen molar-refractivity contribution in [3.8, 4) is 61.9 Å². The summed E-state index contributed by atoms with van der Waals surface area (Å²) in [5, 5.41) is 0.925. The summed E-state index contributed by atoms with van der Waals surface area (Å²) in [6.45, 7) is -2.09. The van der Waals surface area contributed by atoms with Crippen molar-refractivity contribution < 1.29 is 33.1 Å². The van der Waals surface area contributed by atoms with Crippen LogP contribution in [0.5, 0.6) is 0 Å². The number of benzene rings is 6. The first-order valence-corrected chi connectivity index (χ1v) is 17.6. The molecule has 0 fully saturated rings. The van der Waals surface area contributed by atoms with Crippen LogP contribution < -0.4 is 0 Å². The first kappa shape index (κ1) is 31.9. The van der Waals surface area contributed by atoms with E-state index in [0.29, 0.717) is 0 Å². The van der Waals surface area contributed by atoms with Gasteiger partial charge in [-0.1, -0.05) is 132 Å². The quantitative estimate of drug-likeness (QED) is 0.156. The molecule has 0 spiro atoms. The van der Waals surface area contributed by atoms with Crippen molar-refractivity contribution in [2.75, 3.05) is 0 Å². The average molecular weight is 891 g/mol. The van der Waals surface area contributed by atoms with Crippen LogP contribution in [-0.2, 0) is 20.1 Å². The summed E-state index contributed by atoms with van der Waals surface area (Å²) in [5.74, 6) is 1.57. The molecule has 4 heterocycles. The van der Waals surface area contributed by atoms with Crippen molar-refractivity contribution in [2.45, 2.75) is 6.85 Å². The van der Waals surface area contributed by atoms with Gasteiger partial charge < -0.3 is 18.4 Å². The predicted molar refractivity (Wildman–Crippen MR) is 217 cm³/mol. The zero-order valence-corrected chi connectivity index (χ0v) is 31.7. The molecule has 267 valence electrons. The molecule has 1 radical (unpaired) electrons. The minimum absolute atomic E-state index is 0. The minimum atomic E-state index is -2.09. The molecular formula is C49H33IrN3O2-2. The summed E-state index contributed by atoms with van der Waals surface area (Å²) in [4.78, 5) is 9.32. The second kappa shape index (κ2) is 15.8. The standard InChI is InChI=1S/C37H23N2O2.C12H10N.Ir/c1-3-11-25(12-4-1)28-15-9-16-29(26-13-5-2-6-14-26)36(28)39-33-18-8-7-17-32(33)38-37(39)31-24-41-35-21-20-27(23-30(31)35)34-19-10-22-40-34;1-10-7-8-12(13-9-10)11-5-3-2-4-6-11;/h1-23H;2-5,7-9H,1H3;/q2*-1;/i;1D3;. The van der Waals surface area contributed by atoms with Gasteiger partial charge in [-0.25, -0.2) is 0 Å². The molecule has 0 aliphatic rings. The zero-order chi connectivity index (χ0) is 38.8.